The average molecular weight is 459 g/mol. The lowest BCUT2D eigenvalue weighted by atomic mass is 9.63. The van der Waals surface area contributed by atoms with Crippen molar-refractivity contribution in [3.05, 3.63) is 95.6 Å². The van der Waals surface area contributed by atoms with Crippen molar-refractivity contribution in [2.45, 2.75) is 70.1 Å². The lowest BCUT2D eigenvalue weighted by Gasteiger charge is -2.42. The largest absolute Gasteiger partial charge is 0.207 e. The van der Waals surface area contributed by atoms with Crippen LogP contribution in [0.1, 0.15) is 86.0 Å². The fourth-order valence-corrected chi connectivity index (χ4v) is 6.05. The van der Waals surface area contributed by atoms with Gasteiger partial charge in [-0.25, -0.2) is 8.78 Å². The first kappa shape index (κ1) is 24.5. The second kappa shape index (κ2) is 11.7. The molecule has 178 valence electrons. The van der Waals surface area contributed by atoms with Crippen LogP contribution in [0.5, 0.6) is 0 Å². The average Bonchev–Trinajstić information content (AvgIpc) is 2.85. The van der Waals surface area contributed by atoms with Crippen LogP contribution in [0.4, 0.5) is 8.78 Å². The predicted molar refractivity (Wildman–Crippen MR) is 138 cm³/mol. The highest BCUT2D eigenvalue weighted by Gasteiger charge is 2.36. The Bertz CT molecular complexity index is 1070. The Hall–Kier alpha value is -2.66. The van der Waals surface area contributed by atoms with Crippen LogP contribution in [-0.4, -0.2) is 0 Å². The van der Waals surface area contributed by atoms with Gasteiger partial charge in [-0.15, -0.1) is 13.2 Å². The number of hydrogen-bond acceptors (Lipinski definition) is 0. The van der Waals surface area contributed by atoms with Crippen molar-refractivity contribution < 1.29 is 8.78 Å². The van der Waals surface area contributed by atoms with E-state index in [1.165, 1.54) is 38.2 Å². The normalized spacial score (nSPS) is 23.9. The SMILES string of the molecule is C=CCCc1ccc(C#Cc2ccc(C3CCC4CC(CCC=C)CCC4C3)c(F)c2)cc1F. The molecule has 2 heteroatoms. The summed E-state index contributed by atoms with van der Waals surface area (Å²) in [5.41, 5.74) is 2.75. The molecule has 2 aromatic rings. The molecule has 0 spiro atoms. The molecule has 2 aliphatic carbocycles. The Morgan fingerprint density at radius 3 is 2.18 bits per heavy atom. The van der Waals surface area contributed by atoms with E-state index in [9.17, 15) is 4.39 Å². The van der Waals surface area contributed by atoms with Crippen molar-refractivity contribution in [1.82, 2.24) is 0 Å². The van der Waals surface area contributed by atoms with Crippen molar-refractivity contribution in [3.63, 3.8) is 0 Å². The van der Waals surface area contributed by atoms with E-state index >= 15 is 4.39 Å². The maximum absolute atomic E-state index is 15.1. The lowest BCUT2D eigenvalue weighted by molar-refractivity contribution is 0.114. The van der Waals surface area contributed by atoms with Gasteiger partial charge < -0.3 is 0 Å². The summed E-state index contributed by atoms with van der Waals surface area (Å²) in [7, 11) is 0. The number of benzene rings is 2. The number of rotatable bonds is 7. The van der Waals surface area contributed by atoms with E-state index in [1.54, 1.807) is 18.2 Å². The molecule has 2 aliphatic rings. The molecule has 0 aromatic heterocycles. The monoisotopic (exact) mass is 458 g/mol. The summed E-state index contributed by atoms with van der Waals surface area (Å²) in [5, 5.41) is 0. The van der Waals surface area contributed by atoms with Gasteiger partial charge in [0.2, 0.25) is 0 Å². The van der Waals surface area contributed by atoms with Gasteiger partial charge in [0.1, 0.15) is 11.6 Å². The molecular formula is C32H36F2. The molecule has 0 heterocycles. The van der Waals surface area contributed by atoms with Crippen LogP contribution in [0.15, 0.2) is 61.7 Å². The molecule has 0 N–H and O–H groups in total. The molecular weight excluding hydrogens is 422 g/mol. The van der Waals surface area contributed by atoms with Crippen molar-refractivity contribution in [1.29, 1.82) is 0 Å². The summed E-state index contributed by atoms with van der Waals surface area (Å²) >= 11 is 0. The van der Waals surface area contributed by atoms with E-state index in [4.69, 9.17) is 0 Å². The summed E-state index contributed by atoms with van der Waals surface area (Å²) in [4.78, 5) is 0. The lowest BCUT2D eigenvalue weighted by Crippen LogP contribution is -2.30. The first-order chi connectivity index (χ1) is 16.6. The smallest absolute Gasteiger partial charge is 0.127 e. The highest BCUT2D eigenvalue weighted by molar-refractivity contribution is 5.45. The molecule has 0 radical (unpaired) electrons. The summed E-state index contributed by atoms with van der Waals surface area (Å²) in [5.74, 6) is 8.31. The molecule has 0 bridgehead atoms. The Kier molecular flexibility index (Phi) is 8.39. The summed E-state index contributed by atoms with van der Waals surface area (Å²) in [6, 6.07) is 10.5. The van der Waals surface area contributed by atoms with E-state index in [-0.39, 0.29) is 11.6 Å². The molecule has 2 fully saturated rings. The van der Waals surface area contributed by atoms with Gasteiger partial charge in [0.15, 0.2) is 0 Å². The van der Waals surface area contributed by atoms with Gasteiger partial charge in [-0.1, -0.05) is 42.5 Å². The zero-order valence-electron chi connectivity index (χ0n) is 20.2. The van der Waals surface area contributed by atoms with Crippen molar-refractivity contribution in [2.75, 3.05) is 0 Å². The van der Waals surface area contributed by atoms with E-state index in [2.05, 4.69) is 25.0 Å². The maximum atomic E-state index is 15.1. The van der Waals surface area contributed by atoms with Crippen LogP contribution >= 0.6 is 0 Å². The molecule has 4 atom stereocenters. The Labute approximate surface area is 204 Å². The van der Waals surface area contributed by atoms with Crippen LogP contribution in [0.2, 0.25) is 0 Å². The van der Waals surface area contributed by atoms with Crippen molar-refractivity contribution in [3.8, 4) is 11.8 Å². The van der Waals surface area contributed by atoms with Gasteiger partial charge in [0.05, 0.1) is 0 Å². The van der Waals surface area contributed by atoms with Crippen LogP contribution in [-0.2, 0) is 6.42 Å². The van der Waals surface area contributed by atoms with E-state index in [0.717, 1.165) is 49.0 Å². The van der Waals surface area contributed by atoms with Gasteiger partial charge >= 0.3 is 0 Å². The fourth-order valence-electron chi connectivity index (χ4n) is 6.05. The van der Waals surface area contributed by atoms with Crippen LogP contribution in [0.25, 0.3) is 0 Å². The summed E-state index contributed by atoms with van der Waals surface area (Å²) < 4.78 is 29.3. The zero-order chi connectivity index (χ0) is 23.9. The van der Waals surface area contributed by atoms with Crippen LogP contribution in [0.3, 0.4) is 0 Å². The minimum atomic E-state index is -0.250. The molecule has 2 aromatic carbocycles. The second-order valence-corrected chi connectivity index (χ2v) is 10.2. The Balaban J connectivity index is 1.39. The Morgan fingerprint density at radius 1 is 0.794 bits per heavy atom. The highest BCUT2D eigenvalue weighted by atomic mass is 19.1. The summed E-state index contributed by atoms with van der Waals surface area (Å²) in [6.45, 7) is 7.55. The summed E-state index contributed by atoms with van der Waals surface area (Å²) in [6.07, 6.45) is 15.0. The Morgan fingerprint density at radius 2 is 1.47 bits per heavy atom. The first-order valence-electron chi connectivity index (χ1n) is 12.9. The first-order valence-corrected chi connectivity index (χ1v) is 12.9. The molecule has 0 saturated heterocycles. The van der Waals surface area contributed by atoms with Gasteiger partial charge in [-0.05, 0) is 117 Å². The van der Waals surface area contributed by atoms with Gasteiger partial charge in [0.25, 0.3) is 0 Å². The molecule has 4 unspecified atom stereocenters. The van der Waals surface area contributed by atoms with Crippen molar-refractivity contribution in [2.24, 2.45) is 17.8 Å². The molecule has 4 rings (SSSR count). The molecule has 0 nitrogen and oxygen atoms in total. The number of allylic oxidation sites excluding steroid dienone is 2. The molecule has 0 aliphatic heterocycles. The standard InChI is InChI=1S/C32H36F2/c1-3-5-7-23-12-15-28-22-29(17-16-27(28)19-23)30-18-13-25(21-32(30)34)10-9-24-11-14-26(8-6-4-2)31(33)20-24/h3-4,11,13-14,18,20-21,23,27-29H,1-2,5-8,12,15-17,19,22H2. The van der Waals surface area contributed by atoms with Crippen LogP contribution in [0, 0.1) is 41.2 Å². The molecule has 0 amide bonds. The van der Waals surface area contributed by atoms with E-state index in [0.29, 0.717) is 29.0 Å². The molecule has 2 saturated carbocycles. The number of aryl methyl sites for hydroxylation is 1. The third-order valence-corrected chi connectivity index (χ3v) is 7.96. The van der Waals surface area contributed by atoms with Crippen LogP contribution < -0.4 is 0 Å². The van der Waals surface area contributed by atoms with Gasteiger partial charge in [0, 0.05) is 11.1 Å². The van der Waals surface area contributed by atoms with Gasteiger partial charge in [-0.3, -0.25) is 0 Å². The van der Waals surface area contributed by atoms with Gasteiger partial charge in [-0.2, -0.15) is 0 Å². The predicted octanol–water partition coefficient (Wildman–Crippen LogP) is 8.75. The number of hydrogen-bond donors (Lipinski definition) is 0. The maximum Gasteiger partial charge on any atom is 0.127 e. The molecule has 34 heavy (non-hydrogen) atoms. The third-order valence-electron chi connectivity index (χ3n) is 7.96. The third kappa shape index (κ3) is 6.06. The second-order valence-electron chi connectivity index (χ2n) is 10.2. The topological polar surface area (TPSA) is 0 Å². The number of fused-ring (bicyclic) bond motifs is 1. The highest BCUT2D eigenvalue weighted by Crippen LogP contribution is 2.48. The fraction of sp³-hybridized carbons (Fsp3) is 0.438. The minimum absolute atomic E-state index is 0.152. The van der Waals surface area contributed by atoms with Crippen molar-refractivity contribution >= 4 is 0 Å². The minimum Gasteiger partial charge on any atom is -0.207 e. The zero-order valence-corrected chi connectivity index (χ0v) is 20.2. The number of halogens is 2. The van der Waals surface area contributed by atoms with E-state index in [1.807, 2.05) is 24.3 Å². The van der Waals surface area contributed by atoms with E-state index < -0.39 is 0 Å². The quantitative estimate of drug-likeness (QED) is 0.287.